The summed E-state index contributed by atoms with van der Waals surface area (Å²) < 4.78 is 35.3. The highest BCUT2D eigenvalue weighted by Gasteiger charge is 2.15. The zero-order valence-electron chi connectivity index (χ0n) is 7.05. The van der Waals surface area contributed by atoms with Gasteiger partial charge in [0.05, 0.1) is 0 Å². The molecular formula is C7H13F3Si. The largest absolute Gasteiger partial charge is 0.301 e. The van der Waals surface area contributed by atoms with Crippen molar-refractivity contribution in [2.75, 3.05) is 0 Å². The summed E-state index contributed by atoms with van der Waals surface area (Å²) >= 11 is 0. The van der Waals surface area contributed by atoms with Crippen LogP contribution in [-0.2, 0) is 0 Å². The number of halogens is 3. The maximum atomic E-state index is 12.2. The molecule has 0 aliphatic carbocycles. The number of hydrogen-bond donors (Lipinski definition) is 0. The summed E-state index contributed by atoms with van der Waals surface area (Å²) in [5.74, 6) is -1.24. The van der Waals surface area contributed by atoms with Crippen LogP contribution in [0.1, 0.15) is 6.42 Å². The SMILES string of the molecule is C[Si](C)(C)CCC(F)=C(F)F. The second kappa shape index (κ2) is 3.95. The van der Waals surface area contributed by atoms with Crippen LogP contribution in [-0.4, -0.2) is 8.07 Å². The highest BCUT2D eigenvalue weighted by atomic mass is 28.3. The Morgan fingerprint density at radius 2 is 1.55 bits per heavy atom. The van der Waals surface area contributed by atoms with Crippen LogP contribution in [0.25, 0.3) is 0 Å². The van der Waals surface area contributed by atoms with Crippen LogP contribution in [0.5, 0.6) is 0 Å². The third kappa shape index (κ3) is 6.16. The lowest BCUT2D eigenvalue weighted by molar-refractivity contribution is 0.372. The smallest absolute Gasteiger partial charge is 0.206 e. The Morgan fingerprint density at radius 3 is 1.82 bits per heavy atom. The molecule has 0 nitrogen and oxygen atoms in total. The van der Waals surface area contributed by atoms with Crippen LogP contribution in [0.3, 0.4) is 0 Å². The molecule has 66 valence electrons. The lowest BCUT2D eigenvalue weighted by Crippen LogP contribution is -2.18. The lowest BCUT2D eigenvalue weighted by atomic mass is 10.4. The van der Waals surface area contributed by atoms with Crippen LogP contribution < -0.4 is 0 Å². The monoisotopic (exact) mass is 182 g/mol. The molecule has 0 atom stereocenters. The zero-order valence-corrected chi connectivity index (χ0v) is 8.05. The molecule has 0 rings (SSSR count). The first-order chi connectivity index (χ1) is 4.83. The summed E-state index contributed by atoms with van der Waals surface area (Å²) in [6, 6.07) is 0.580. The fourth-order valence-electron chi connectivity index (χ4n) is 0.579. The highest BCUT2D eigenvalue weighted by Crippen LogP contribution is 2.20. The van der Waals surface area contributed by atoms with Gasteiger partial charge < -0.3 is 0 Å². The van der Waals surface area contributed by atoms with Crippen molar-refractivity contribution in [1.82, 2.24) is 0 Å². The van der Waals surface area contributed by atoms with E-state index in [1.165, 1.54) is 0 Å². The van der Waals surface area contributed by atoms with Crippen LogP contribution in [0, 0.1) is 0 Å². The van der Waals surface area contributed by atoms with E-state index >= 15 is 0 Å². The Labute approximate surface area is 66.1 Å². The molecule has 4 heteroatoms. The van der Waals surface area contributed by atoms with Crippen LogP contribution in [0.4, 0.5) is 13.2 Å². The molecule has 0 spiro atoms. The quantitative estimate of drug-likeness (QED) is 0.582. The Balaban J connectivity index is 3.82. The summed E-state index contributed by atoms with van der Waals surface area (Å²) in [5, 5.41) is 0. The summed E-state index contributed by atoms with van der Waals surface area (Å²) in [5.41, 5.74) is 0. The molecule has 0 saturated heterocycles. The molecule has 0 heterocycles. The van der Waals surface area contributed by atoms with Crippen molar-refractivity contribution in [3.05, 3.63) is 11.9 Å². The third-order valence-electron chi connectivity index (χ3n) is 1.30. The van der Waals surface area contributed by atoms with Gasteiger partial charge in [-0.15, -0.1) is 0 Å². The van der Waals surface area contributed by atoms with Gasteiger partial charge in [0.2, 0.25) is 0 Å². The van der Waals surface area contributed by atoms with Gasteiger partial charge in [-0.25, -0.2) is 4.39 Å². The van der Waals surface area contributed by atoms with Crippen LogP contribution >= 0.6 is 0 Å². The lowest BCUT2D eigenvalue weighted by Gasteiger charge is -2.13. The molecule has 0 N–H and O–H groups in total. The molecule has 0 aromatic heterocycles. The minimum absolute atomic E-state index is 0.0992. The molecule has 0 fully saturated rings. The predicted molar refractivity (Wildman–Crippen MR) is 43.1 cm³/mol. The normalized spacial score (nSPS) is 11.5. The van der Waals surface area contributed by atoms with Crippen molar-refractivity contribution >= 4 is 8.07 Å². The summed E-state index contributed by atoms with van der Waals surface area (Å²) in [4.78, 5) is 0. The first-order valence-electron chi connectivity index (χ1n) is 3.52. The van der Waals surface area contributed by atoms with E-state index in [1.807, 2.05) is 19.6 Å². The van der Waals surface area contributed by atoms with Gasteiger partial charge >= 0.3 is 6.08 Å². The molecule has 0 aliphatic rings. The predicted octanol–water partition coefficient (Wildman–Crippen LogP) is 3.79. The van der Waals surface area contributed by atoms with Crippen LogP contribution in [0.15, 0.2) is 11.9 Å². The zero-order chi connectivity index (χ0) is 9.07. The Kier molecular flexibility index (Phi) is 3.86. The van der Waals surface area contributed by atoms with E-state index in [4.69, 9.17) is 0 Å². The van der Waals surface area contributed by atoms with Gasteiger partial charge in [-0.2, -0.15) is 8.78 Å². The fourth-order valence-corrected chi connectivity index (χ4v) is 1.55. The van der Waals surface area contributed by atoms with E-state index in [9.17, 15) is 13.2 Å². The molecule has 11 heavy (non-hydrogen) atoms. The van der Waals surface area contributed by atoms with Crippen LogP contribution in [0.2, 0.25) is 25.7 Å². The van der Waals surface area contributed by atoms with E-state index in [0.29, 0.717) is 6.04 Å². The maximum absolute atomic E-state index is 12.2. The van der Waals surface area contributed by atoms with Crippen molar-refractivity contribution < 1.29 is 13.2 Å². The van der Waals surface area contributed by atoms with Gasteiger partial charge in [-0.05, 0) is 0 Å². The van der Waals surface area contributed by atoms with E-state index in [-0.39, 0.29) is 6.42 Å². The molecule has 0 radical (unpaired) electrons. The van der Waals surface area contributed by atoms with E-state index in [2.05, 4.69) is 0 Å². The summed E-state index contributed by atoms with van der Waals surface area (Å²) in [6.07, 6.45) is -2.26. The molecule has 0 aromatic carbocycles. The molecule has 0 aromatic rings. The van der Waals surface area contributed by atoms with E-state index in [0.717, 1.165) is 0 Å². The standard InChI is InChI=1S/C7H13F3Si/c1-11(2,3)5-4-6(8)7(9)10/h4-5H2,1-3H3. The Hall–Kier alpha value is -0.253. The van der Waals surface area contributed by atoms with Gasteiger partial charge in [-0.3, -0.25) is 0 Å². The van der Waals surface area contributed by atoms with E-state index in [1.54, 1.807) is 0 Å². The summed E-state index contributed by atoms with van der Waals surface area (Å²) in [7, 11) is -1.37. The van der Waals surface area contributed by atoms with Gasteiger partial charge in [0.1, 0.15) is 0 Å². The van der Waals surface area contributed by atoms with Crippen molar-refractivity contribution in [2.24, 2.45) is 0 Å². The third-order valence-corrected chi connectivity index (χ3v) is 3.05. The van der Waals surface area contributed by atoms with Gasteiger partial charge in [0, 0.05) is 14.5 Å². The Bertz CT molecular complexity index is 154. The maximum Gasteiger partial charge on any atom is 0.301 e. The average Bonchev–Trinajstić information content (AvgIpc) is 1.80. The van der Waals surface area contributed by atoms with Crippen molar-refractivity contribution in [3.8, 4) is 0 Å². The second-order valence-corrected chi connectivity index (χ2v) is 9.35. The first kappa shape index (κ1) is 10.7. The minimum atomic E-state index is -2.16. The van der Waals surface area contributed by atoms with Gasteiger partial charge in [-0.1, -0.05) is 25.7 Å². The van der Waals surface area contributed by atoms with Gasteiger partial charge in [0.25, 0.3) is 0 Å². The number of hydrogen-bond acceptors (Lipinski definition) is 0. The molecular weight excluding hydrogens is 169 g/mol. The molecule has 0 unspecified atom stereocenters. The Morgan fingerprint density at radius 1 is 1.09 bits per heavy atom. The average molecular weight is 182 g/mol. The fraction of sp³-hybridized carbons (Fsp3) is 0.714. The highest BCUT2D eigenvalue weighted by molar-refractivity contribution is 6.76. The molecule has 0 amide bonds. The topological polar surface area (TPSA) is 0 Å². The molecule has 0 aliphatic heterocycles. The van der Waals surface area contributed by atoms with Gasteiger partial charge in [0.15, 0.2) is 5.83 Å². The summed E-state index contributed by atoms with van der Waals surface area (Å²) in [6.45, 7) is 6.07. The first-order valence-corrected chi connectivity index (χ1v) is 7.23. The van der Waals surface area contributed by atoms with Crippen molar-refractivity contribution in [3.63, 3.8) is 0 Å². The van der Waals surface area contributed by atoms with E-state index < -0.39 is 20.0 Å². The second-order valence-electron chi connectivity index (χ2n) is 3.73. The van der Waals surface area contributed by atoms with Crippen molar-refractivity contribution in [1.29, 1.82) is 0 Å². The number of rotatable bonds is 3. The molecule has 0 saturated carbocycles. The minimum Gasteiger partial charge on any atom is -0.206 e. The molecule has 0 bridgehead atoms. The van der Waals surface area contributed by atoms with Crippen molar-refractivity contribution in [2.45, 2.75) is 32.1 Å². The number of allylic oxidation sites excluding steroid dienone is 1.